The summed E-state index contributed by atoms with van der Waals surface area (Å²) in [6, 6.07) is 0. The molecule has 3 rings (SSSR count). The predicted octanol–water partition coefficient (Wildman–Crippen LogP) is 2.15. The SMILES string of the molecule is CCCc1nn(C)c2c(-n3ccnc3)nc(Cl)nc12. The Hall–Kier alpha value is -1.95. The third-order valence-corrected chi connectivity index (χ3v) is 3.11. The number of nitrogens with zero attached hydrogens (tertiary/aromatic N) is 6. The van der Waals surface area contributed by atoms with Crippen molar-refractivity contribution in [2.75, 3.05) is 0 Å². The van der Waals surface area contributed by atoms with Crippen LogP contribution in [0.15, 0.2) is 18.7 Å². The van der Waals surface area contributed by atoms with Gasteiger partial charge in [0.25, 0.3) is 0 Å². The van der Waals surface area contributed by atoms with Crippen molar-refractivity contribution in [1.29, 1.82) is 0 Å². The number of fused-ring (bicyclic) bond motifs is 1. The number of imidazole rings is 1. The topological polar surface area (TPSA) is 61.4 Å². The van der Waals surface area contributed by atoms with Crippen LogP contribution in [0, 0.1) is 0 Å². The first-order chi connectivity index (χ1) is 9.20. The van der Waals surface area contributed by atoms with E-state index in [1.165, 1.54) is 0 Å². The lowest BCUT2D eigenvalue weighted by molar-refractivity contribution is 0.750. The standard InChI is InChI=1S/C12H13ClN6/c1-3-4-8-9-10(18(2)17-8)11(16-12(13)15-9)19-6-5-14-7-19/h5-7H,3-4H2,1-2H3. The number of hydrogen-bond acceptors (Lipinski definition) is 4. The monoisotopic (exact) mass is 276 g/mol. The van der Waals surface area contributed by atoms with Gasteiger partial charge in [-0.2, -0.15) is 10.1 Å². The van der Waals surface area contributed by atoms with Crippen LogP contribution >= 0.6 is 11.6 Å². The zero-order chi connectivity index (χ0) is 13.4. The largest absolute Gasteiger partial charge is 0.289 e. The molecule has 6 nitrogen and oxygen atoms in total. The lowest BCUT2D eigenvalue weighted by Gasteiger charge is -2.04. The molecule has 0 unspecified atom stereocenters. The Kier molecular flexibility index (Phi) is 2.94. The number of hydrogen-bond donors (Lipinski definition) is 0. The Morgan fingerprint density at radius 1 is 1.32 bits per heavy atom. The van der Waals surface area contributed by atoms with Crippen LogP contribution in [0.1, 0.15) is 19.0 Å². The molecule has 7 heteroatoms. The molecule has 98 valence electrons. The molecule has 0 saturated heterocycles. The summed E-state index contributed by atoms with van der Waals surface area (Å²) >= 11 is 6.03. The molecule has 0 atom stereocenters. The number of halogens is 1. The first-order valence-corrected chi connectivity index (χ1v) is 6.46. The molecule has 0 radical (unpaired) electrons. The fraction of sp³-hybridized carbons (Fsp3) is 0.333. The fourth-order valence-corrected chi connectivity index (χ4v) is 2.33. The normalized spacial score (nSPS) is 11.3. The lowest BCUT2D eigenvalue weighted by atomic mass is 10.2. The first-order valence-electron chi connectivity index (χ1n) is 6.08. The summed E-state index contributed by atoms with van der Waals surface area (Å²) in [5.41, 5.74) is 2.63. The summed E-state index contributed by atoms with van der Waals surface area (Å²) in [6.07, 6.45) is 7.09. The van der Waals surface area contributed by atoms with Gasteiger partial charge in [-0.3, -0.25) is 9.25 Å². The van der Waals surface area contributed by atoms with Crippen molar-refractivity contribution >= 4 is 22.6 Å². The van der Waals surface area contributed by atoms with Gasteiger partial charge in [-0.15, -0.1) is 0 Å². The third kappa shape index (κ3) is 1.98. The highest BCUT2D eigenvalue weighted by molar-refractivity contribution is 6.28. The average molecular weight is 277 g/mol. The van der Waals surface area contributed by atoms with E-state index in [-0.39, 0.29) is 5.28 Å². The second-order valence-electron chi connectivity index (χ2n) is 4.30. The quantitative estimate of drug-likeness (QED) is 0.688. The van der Waals surface area contributed by atoms with Crippen molar-refractivity contribution in [3.05, 3.63) is 29.7 Å². The summed E-state index contributed by atoms with van der Waals surface area (Å²) in [4.78, 5) is 12.7. The molecule has 0 amide bonds. The van der Waals surface area contributed by atoms with Crippen LogP contribution in [-0.2, 0) is 13.5 Å². The van der Waals surface area contributed by atoms with Gasteiger partial charge >= 0.3 is 0 Å². The van der Waals surface area contributed by atoms with Crippen molar-refractivity contribution in [3.8, 4) is 5.82 Å². The Balaban J connectivity index is 2.33. The van der Waals surface area contributed by atoms with Crippen molar-refractivity contribution in [2.45, 2.75) is 19.8 Å². The van der Waals surface area contributed by atoms with Crippen LogP contribution in [0.4, 0.5) is 0 Å². The van der Waals surface area contributed by atoms with E-state index in [4.69, 9.17) is 11.6 Å². The molecular formula is C12H13ClN6. The zero-order valence-electron chi connectivity index (χ0n) is 10.7. The zero-order valence-corrected chi connectivity index (χ0v) is 11.5. The molecule has 0 aliphatic carbocycles. The molecule has 0 aliphatic rings. The minimum atomic E-state index is 0.224. The Bertz CT molecular complexity index is 715. The van der Waals surface area contributed by atoms with Gasteiger partial charge in [0.2, 0.25) is 5.28 Å². The smallest absolute Gasteiger partial charge is 0.225 e. The highest BCUT2D eigenvalue weighted by atomic mass is 35.5. The minimum absolute atomic E-state index is 0.224. The Morgan fingerprint density at radius 3 is 2.84 bits per heavy atom. The van der Waals surface area contributed by atoms with E-state index in [9.17, 15) is 0 Å². The van der Waals surface area contributed by atoms with Crippen LogP contribution in [0.3, 0.4) is 0 Å². The molecule has 19 heavy (non-hydrogen) atoms. The van der Waals surface area contributed by atoms with E-state index in [1.807, 2.05) is 17.8 Å². The molecule has 3 heterocycles. The molecule has 0 saturated carbocycles. The first kappa shape index (κ1) is 12.1. The van der Waals surface area contributed by atoms with E-state index in [1.54, 1.807) is 17.2 Å². The van der Waals surface area contributed by atoms with Crippen LogP contribution in [-0.4, -0.2) is 29.3 Å². The fourth-order valence-electron chi connectivity index (χ4n) is 2.16. The Labute approximate surface area is 115 Å². The minimum Gasteiger partial charge on any atom is -0.289 e. The van der Waals surface area contributed by atoms with Gasteiger partial charge < -0.3 is 0 Å². The van der Waals surface area contributed by atoms with E-state index >= 15 is 0 Å². The highest BCUT2D eigenvalue weighted by Crippen LogP contribution is 2.24. The summed E-state index contributed by atoms with van der Waals surface area (Å²) in [5.74, 6) is 0.699. The summed E-state index contributed by atoms with van der Waals surface area (Å²) in [7, 11) is 1.89. The van der Waals surface area contributed by atoms with Gasteiger partial charge in [0.05, 0.1) is 5.69 Å². The van der Waals surface area contributed by atoms with Crippen molar-refractivity contribution < 1.29 is 0 Å². The summed E-state index contributed by atoms with van der Waals surface area (Å²) in [6.45, 7) is 2.11. The van der Waals surface area contributed by atoms with Gasteiger partial charge in [-0.05, 0) is 18.0 Å². The predicted molar refractivity (Wildman–Crippen MR) is 72.4 cm³/mol. The van der Waals surface area contributed by atoms with Gasteiger partial charge in [0.1, 0.15) is 17.4 Å². The van der Waals surface area contributed by atoms with E-state index in [0.29, 0.717) is 5.82 Å². The van der Waals surface area contributed by atoms with E-state index in [0.717, 1.165) is 29.6 Å². The van der Waals surface area contributed by atoms with E-state index in [2.05, 4.69) is 27.0 Å². The number of aryl methyl sites for hydroxylation is 2. The molecule has 0 fully saturated rings. The van der Waals surface area contributed by atoms with Crippen LogP contribution in [0.2, 0.25) is 5.28 Å². The number of rotatable bonds is 3. The van der Waals surface area contributed by atoms with Crippen molar-refractivity contribution in [2.24, 2.45) is 7.05 Å². The number of aromatic nitrogens is 6. The van der Waals surface area contributed by atoms with Crippen molar-refractivity contribution in [3.63, 3.8) is 0 Å². The lowest BCUT2D eigenvalue weighted by Crippen LogP contribution is -2.01. The Morgan fingerprint density at radius 2 is 2.16 bits per heavy atom. The van der Waals surface area contributed by atoms with Crippen LogP contribution in [0.25, 0.3) is 16.9 Å². The molecular weight excluding hydrogens is 264 g/mol. The molecule has 3 aromatic rings. The molecule has 0 spiro atoms. The second-order valence-corrected chi connectivity index (χ2v) is 4.64. The van der Waals surface area contributed by atoms with Crippen LogP contribution < -0.4 is 0 Å². The molecule has 3 aromatic heterocycles. The maximum Gasteiger partial charge on any atom is 0.225 e. The molecule has 0 bridgehead atoms. The third-order valence-electron chi connectivity index (χ3n) is 2.94. The molecule has 0 aliphatic heterocycles. The second kappa shape index (κ2) is 4.62. The molecule has 0 aromatic carbocycles. The summed E-state index contributed by atoms with van der Waals surface area (Å²) < 4.78 is 3.61. The van der Waals surface area contributed by atoms with Gasteiger partial charge in [0, 0.05) is 19.4 Å². The van der Waals surface area contributed by atoms with Gasteiger partial charge in [-0.25, -0.2) is 9.97 Å². The molecule has 0 N–H and O–H groups in total. The average Bonchev–Trinajstić information content (AvgIpc) is 2.99. The van der Waals surface area contributed by atoms with Crippen molar-refractivity contribution in [1.82, 2.24) is 29.3 Å². The van der Waals surface area contributed by atoms with Crippen LogP contribution in [0.5, 0.6) is 0 Å². The highest BCUT2D eigenvalue weighted by Gasteiger charge is 2.17. The maximum absolute atomic E-state index is 6.03. The van der Waals surface area contributed by atoms with E-state index < -0.39 is 0 Å². The maximum atomic E-state index is 6.03. The van der Waals surface area contributed by atoms with Gasteiger partial charge in [-0.1, -0.05) is 13.3 Å². The summed E-state index contributed by atoms with van der Waals surface area (Å²) in [5, 5.41) is 4.74. The van der Waals surface area contributed by atoms with Gasteiger partial charge in [0.15, 0.2) is 5.82 Å².